The molecule has 4 heteroatoms. The van der Waals surface area contributed by atoms with E-state index in [9.17, 15) is 0 Å². The maximum atomic E-state index is 5.90. The topological polar surface area (TPSA) is 34.1 Å². The third kappa shape index (κ3) is 3.81. The van der Waals surface area contributed by atoms with E-state index in [0.717, 1.165) is 22.5 Å². The number of rotatable bonds is 6. The van der Waals surface area contributed by atoms with Crippen molar-refractivity contribution in [2.45, 2.75) is 32.0 Å². The average Bonchev–Trinajstić information content (AvgIpc) is 3.30. The van der Waals surface area contributed by atoms with E-state index in [2.05, 4.69) is 38.4 Å². The summed E-state index contributed by atoms with van der Waals surface area (Å²) >= 11 is 3.38. The molecule has 1 saturated carbocycles. The Balaban J connectivity index is 1.62. The molecule has 1 heterocycles. The summed E-state index contributed by atoms with van der Waals surface area (Å²) in [5.74, 6) is 0.936. The van der Waals surface area contributed by atoms with E-state index in [0.29, 0.717) is 12.6 Å². The van der Waals surface area contributed by atoms with E-state index in [1.54, 1.807) is 6.20 Å². The Hall–Kier alpha value is -1.39. The van der Waals surface area contributed by atoms with E-state index in [4.69, 9.17) is 4.74 Å². The number of para-hydroxylation sites is 1. The SMILES string of the molecule is Brc1ccc(COc2ccccc2CNC2CC2)nc1. The summed E-state index contributed by atoms with van der Waals surface area (Å²) in [5, 5.41) is 3.52. The van der Waals surface area contributed by atoms with Crippen LogP contribution in [0.25, 0.3) is 0 Å². The van der Waals surface area contributed by atoms with Gasteiger partial charge in [-0.2, -0.15) is 0 Å². The third-order valence-corrected chi connectivity index (χ3v) is 3.76. The van der Waals surface area contributed by atoms with Crippen molar-refractivity contribution >= 4 is 15.9 Å². The Morgan fingerprint density at radius 3 is 2.80 bits per heavy atom. The first-order chi connectivity index (χ1) is 9.81. The highest BCUT2D eigenvalue weighted by atomic mass is 79.9. The van der Waals surface area contributed by atoms with Gasteiger partial charge in [-0.1, -0.05) is 18.2 Å². The number of hydrogen-bond acceptors (Lipinski definition) is 3. The van der Waals surface area contributed by atoms with Crippen molar-refractivity contribution in [2.75, 3.05) is 0 Å². The summed E-state index contributed by atoms with van der Waals surface area (Å²) < 4.78 is 6.88. The molecule has 0 spiro atoms. The molecule has 1 aliphatic carbocycles. The van der Waals surface area contributed by atoms with E-state index in [1.165, 1.54) is 18.4 Å². The lowest BCUT2D eigenvalue weighted by Crippen LogP contribution is -2.16. The predicted octanol–water partition coefficient (Wildman–Crippen LogP) is 3.68. The lowest BCUT2D eigenvalue weighted by molar-refractivity contribution is 0.297. The highest BCUT2D eigenvalue weighted by Gasteiger charge is 2.20. The van der Waals surface area contributed by atoms with Crippen LogP contribution in [0.2, 0.25) is 0 Å². The largest absolute Gasteiger partial charge is 0.487 e. The summed E-state index contributed by atoms with van der Waals surface area (Å²) in [4.78, 5) is 4.32. The summed E-state index contributed by atoms with van der Waals surface area (Å²) in [6.45, 7) is 1.36. The van der Waals surface area contributed by atoms with Gasteiger partial charge in [-0.3, -0.25) is 4.98 Å². The molecule has 1 N–H and O–H groups in total. The molecule has 1 aromatic heterocycles. The molecule has 20 heavy (non-hydrogen) atoms. The van der Waals surface area contributed by atoms with Crippen molar-refractivity contribution in [2.24, 2.45) is 0 Å². The summed E-state index contributed by atoms with van der Waals surface area (Å²) in [5.41, 5.74) is 2.13. The van der Waals surface area contributed by atoms with E-state index in [-0.39, 0.29) is 0 Å². The highest BCUT2D eigenvalue weighted by molar-refractivity contribution is 9.10. The van der Waals surface area contributed by atoms with Crippen LogP contribution >= 0.6 is 15.9 Å². The number of aromatic nitrogens is 1. The second-order valence-electron chi connectivity index (χ2n) is 5.02. The van der Waals surface area contributed by atoms with Crippen LogP contribution in [0.15, 0.2) is 47.1 Å². The van der Waals surface area contributed by atoms with Gasteiger partial charge in [0.15, 0.2) is 0 Å². The molecule has 0 bridgehead atoms. The van der Waals surface area contributed by atoms with Gasteiger partial charge in [-0.15, -0.1) is 0 Å². The third-order valence-electron chi connectivity index (χ3n) is 3.30. The van der Waals surface area contributed by atoms with Gasteiger partial charge in [0.2, 0.25) is 0 Å². The monoisotopic (exact) mass is 332 g/mol. The van der Waals surface area contributed by atoms with Crippen molar-refractivity contribution in [3.05, 3.63) is 58.3 Å². The predicted molar refractivity (Wildman–Crippen MR) is 82.6 cm³/mol. The van der Waals surface area contributed by atoms with E-state index in [1.807, 2.05) is 24.3 Å². The minimum atomic E-state index is 0.494. The Morgan fingerprint density at radius 2 is 2.05 bits per heavy atom. The van der Waals surface area contributed by atoms with Crippen LogP contribution in [-0.2, 0) is 13.2 Å². The second-order valence-corrected chi connectivity index (χ2v) is 5.94. The highest BCUT2D eigenvalue weighted by Crippen LogP contribution is 2.23. The zero-order chi connectivity index (χ0) is 13.8. The normalized spacial score (nSPS) is 14.2. The molecule has 104 valence electrons. The second kappa shape index (κ2) is 6.37. The first-order valence-corrected chi connectivity index (χ1v) is 7.65. The van der Waals surface area contributed by atoms with Crippen molar-refractivity contribution in [1.82, 2.24) is 10.3 Å². The van der Waals surface area contributed by atoms with Crippen LogP contribution in [0.4, 0.5) is 0 Å². The van der Waals surface area contributed by atoms with Crippen LogP contribution in [0, 0.1) is 0 Å². The molecule has 0 atom stereocenters. The molecular weight excluding hydrogens is 316 g/mol. The fourth-order valence-corrected chi connectivity index (χ4v) is 2.21. The summed E-state index contributed by atoms with van der Waals surface area (Å²) in [6, 6.07) is 12.8. The Kier molecular flexibility index (Phi) is 4.33. The fraction of sp³-hybridized carbons (Fsp3) is 0.312. The smallest absolute Gasteiger partial charge is 0.130 e. The molecule has 1 aliphatic rings. The molecule has 1 aromatic carbocycles. The average molecular weight is 333 g/mol. The lowest BCUT2D eigenvalue weighted by Gasteiger charge is -2.11. The standard InChI is InChI=1S/C16H17BrN2O/c17-13-5-6-15(19-10-13)11-20-16-4-2-1-3-12(16)9-18-14-7-8-14/h1-6,10,14,18H,7-9,11H2. The van der Waals surface area contributed by atoms with Gasteiger partial charge in [-0.05, 0) is 47.0 Å². The number of nitrogens with zero attached hydrogens (tertiary/aromatic N) is 1. The van der Waals surface area contributed by atoms with E-state index >= 15 is 0 Å². The molecule has 3 nitrogen and oxygen atoms in total. The number of hydrogen-bond donors (Lipinski definition) is 1. The zero-order valence-corrected chi connectivity index (χ0v) is 12.8. The van der Waals surface area contributed by atoms with Crippen LogP contribution in [0.5, 0.6) is 5.75 Å². The first kappa shape index (κ1) is 13.6. The van der Waals surface area contributed by atoms with Crippen LogP contribution in [0.3, 0.4) is 0 Å². The Morgan fingerprint density at radius 1 is 1.20 bits per heavy atom. The molecule has 0 amide bonds. The van der Waals surface area contributed by atoms with Crippen molar-refractivity contribution < 1.29 is 4.74 Å². The molecule has 0 unspecified atom stereocenters. The fourth-order valence-electron chi connectivity index (χ4n) is 1.98. The number of benzene rings is 1. The maximum absolute atomic E-state index is 5.90. The first-order valence-electron chi connectivity index (χ1n) is 6.86. The van der Waals surface area contributed by atoms with Gasteiger partial charge in [-0.25, -0.2) is 0 Å². The molecular formula is C16H17BrN2O. The summed E-state index contributed by atoms with van der Waals surface area (Å²) in [6.07, 6.45) is 4.39. The number of pyridine rings is 1. The van der Waals surface area contributed by atoms with Gasteiger partial charge < -0.3 is 10.1 Å². The molecule has 0 aliphatic heterocycles. The zero-order valence-electron chi connectivity index (χ0n) is 11.2. The molecule has 1 fully saturated rings. The molecule has 3 rings (SSSR count). The summed E-state index contributed by atoms with van der Waals surface area (Å²) in [7, 11) is 0. The maximum Gasteiger partial charge on any atom is 0.130 e. The van der Waals surface area contributed by atoms with Gasteiger partial charge in [0.1, 0.15) is 12.4 Å². The number of halogens is 1. The van der Waals surface area contributed by atoms with Crippen LogP contribution in [-0.4, -0.2) is 11.0 Å². The lowest BCUT2D eigenvalue weighted by atomic mass is 10.2. The van der Waals surface area contributed by atoms with Crippen molar-refractivity contribution in [3.63, 3.8) is 0 Å². The van der Waals surface area contributed by atoms with Gasteiger partial charge >= 0.3 is 0 Å². The number of ether oxygens (including phenoxy) is 1. The minimum absolute atomic E-state index is 0.494. The van der Waals surface area contributed by atoms with E-state index < -0.39 is 0 Å². The van der Waals surface area contributed by atoms with Gasteiger partial charge in [0, 0.05) is 28.8 Å². The molecule has 2 aromatic rings. The van der Waals surface area contributed by atoms with Crippen LogP contribution in [0.1, 0.15) is 24.1 Å². The van der Waals surface area contributed by atoms with Gasteiger partial charge in [0.05, 0.1) is 5.69 Å². The van der Waals surface area contributed by atoms with Crippen LogP contribution < -0.4 is 10.1 Å². The quantitative estimate of drug-likeness (QED) is 0.876. The van der Waals surface area contributed by atoms with Crippen molar-refractivity contribution in [3.8, 4) is 5.75 Å². The molecule has 0 saturated heterocycles. The molecule has 0 radical (unpaired) electrons. The Bertz CT molecular complexity index is 567. The Labute approximate surface area is 127 Å². The van der Waals surface area contributed by atoms with Crippen molar-refractivity contribution in [1.29, 1.82) is 0 Å². The van der Waals surface area contributed by atoms with Gasteiger partial charge in [0.25, 0.3) is 0 Å². The number of nitrogens with one attached hydrogen (secondary N) is 1. The minimum Gasteiger partial charge on any atom is -0.487 e.